The Hall–Kier alpha value is -3.11. The number of fused-ring (bicyclic) bond motifs is 1. The Bertz CT molecular complexity index is 1160. The average Bonchev–Trinajstić information content (AvgIpc) is 2.85. The summed E-state index contributed by atoms with van der Waals surface area (Å²) in [6.45, 7) is 4.65. The molecule has 2 atom stereocenters. The zero-order valence-corrected chi connectivity index (χ0v) is 18.1. The fourth-order valence-corrected chi connectivity index (χ4v) is 4.59. The molecule has 10 nitrogen and oxygen atoms in total. The first-order valence-corrected chi connectivity index (χ1v) is 11.0. The van der Waals surface area contributed by atoms with Gasteiger partial charge in [-0.2, -0.15) is 5.10 Å². The van der Waals surface area contributed by atoms with Gasteiger partial charge in [0.25, 0.3) is 5.56 Å². The van der Waals surface area contributed by atoms with Gasteiger partial charge in [0.1, 0.15) is 11.6 Å². The number of rotatable bonds is 4. The van der Waals surface area contributed by atoms with E-state index in [0.717, 1.165) is 68.1 Å². The molecule has 10 heteroatoms. The van der Waals surface area contributed by atoms with Gasteiger partial charge in [0, 0.05) is 56.3 Å². The summed E-state index contributed by atoms with van der Waals surface area (Å²) < 4.78 is 6.71. The standard InChI is InChI=1S/C22H27N7O3/c1-27-20(30)7-6-18(25-27)21(31)15-3-2-8-29(14-15)22-17-5-4-16(13-19(17)23-26-24-22)28-9-11-32-12-10-28/h4-7,13,15,21,31H,2-3,8-12,14H2,1H3/t15-,21-/m0/s1. The maximum absolute atomic E-state index is 11.6. The molecule has 2 aromatic heterocycles. The molecule has 2 aliphatic heterocycles. The fraction of sp³-hybridized carbons (Fsp3) is 0.500. The molecule has 5 rings (SSSR count). The minimum Gasteiger partial charge on any atom is -0.386 e. The molecule has 0 radical (unpaired) electrons. The van der Waals surface area contributed by atoms with Crippen molar-refractivity contribution in [1.82, 2.24) is 25.2 Å². The van der Waals surface area contributed by atoms with Crippen LogP contribution in [0.15, 0.2) is 35.1 Å². The second-order valence-corrected chi connectivity index (χ2v) is 8.43. The van der Waals surface area contributed by atoms with Crippen LogP contribution in [0.4, 0.5) is 11.5 Å². The number of aliphatic hydroxyl groups is 1. The third-order valence-electron chi connectivity index (χ3n) is 6.38. The molecule has 2 fully saturated rings. The van der Waals surface area contributed by atoms with Gasteiger partial charge in [-0.15, -0.1) is 10.2 Å². The van der Waals surface area contributed by atoms with E-state index in [1.165, 1.54) is 10.7 Å². The monoisotopic (exact) mass is 437 g/mol. The van der Waals surface area contributed by atoms with E-state index < -0.39 is 6.10 Å². The Morgan fingerprint density at radius 2 is 1.94 bits per heavy atom. The van der Waals surface area contributed by atoms with E-state index in [1.54, 1.807) is 13.1 Å². The minimum absolute atomic E-state index is 0.0219. The van der Waals surface area contributed by atoms with E-state index >= 15 is 0 Å². The molecule has 3 aromatic rings. The third-order valence-corrected chi connectivity index (χ3v) is 6.38. The highest BCUT2D eigenvalue weighted by Crippen LogP contribution is 2.33. The first kappa shape index (κ1) is 20.8. The van der Waals surface area contributed by atoms with Crippen LogP contribution in [0.25, 0.3) is 10.9 Å². The first-order valence-electron chi connectivity index (χ1n) is 11.0. The predicted molar refractivity (Wildman–Crippen MR) is 120 cm³/mol. The van der Waals surface area contributed by atoms with Crippen molar-refractivity contribution in [1.29, 1.82) is 0 Å². The molecule has 4 heterocycles. The van der Waals surface area contributed by atoms with Gasteiger partial charge in [0.05, 0.1) is 18.9 Å². The van der Waals surface area contributed by atoms with Crippen LogP contribution >= 0.6 is 0 Å². The molecule has 0 unspecified atom stereocenters. The number of piperidine rings is 1. The molecule has 1 N–H and O–H groups in total. The summed E-state index contributed by atoms with van der Waals surface area (Å²) in [5, 5.41) is 28.8. The maximum Gasteiger partial charge on any atom is 0.266 e. The lowest BCUT2D eigenvalue weighted by atomic mass is 9.90. The quantitative estimate of drug-likeness (QED) is 0.637. The molecule has 0 bridgehead atoms. The predicted octanol–water partition coefficient (Wildman–Crippen LogP) is 0.905. The third kappa shape index (κ3) is 4.03. The number of nitrogens with zero attached hydrogens (tertiary/aromatic N) is 7. The zero-order chi connectivity index (χ0) is 22.1. The van der Waals surface area contributed by atoms with Gasteiger partial charge in [0.2, 0.25) is 0 Å². The normalized spacial score (nSPS) is 20.5. The summed E-state index contributed by atoms with van der Waals surface area (Å²) >= 11 is 0. The fourth-order valence-electron chi connectivity index (χ4n) is 4.59. The van der Waals surface area contributed by atoms with Crippen molar-refractivity contribution in [3.8, 4) is 0 Å². The van der Waals surface area contributed by atoms with Gasteiger partial charge in [0.15, 0.2) is 5.82 Å². The highest BCUT2D eigenvalue weighted by Gasteiger charge is 2.30. The first-order chi connectivity index (χ1) is 15.6. The highest BCUT2D eigenvalue weighted by atomic mass is 16.5. The van der Waals surface area contributed by atoms with E-state index in [2.05, 4.69) is 48.5 Å². The number of hydrogen-bond acceptors (Lipinski definition) is 9. The largest absolute Gasteiger partial charge is 0.386 e. The molecule has 2 saturated heterocycles. The Balaban J connectivity index is 1.39. The van der Waals surface area contributed by atoms with Crippen molar-refractivity contribution >= 4 is 22.4 Å². The summed E-state index contributed by atoms with van der Waals surface area (Å²) in [6, 6.07) is 9.28. The van der Waals surface area contributed by atoms with Crippen molar-refractivity contribution in [2.45, 2.75) is 18.9 Å². The number of anilines is 2. The van der Waals surface area contributed by atoms with E-state index in [0.29, 0.717) is 12.2 Å². The molecule has 168 valence electrons. The molecule has 0 spiro atoms. The van der Waals surface area contributed by atoms with Crippen molar-refractivity contribution in [2.75, 3.05) is 49.2 Å². The molecule has 0 saturated carbocycles. The van der Waals surface area contributed by atoms with Gasteiger partial charge in [-0.1, -0.05) is 0 Å². The van der Waals surface area contributed by atoms with Gasteiger partial charge in [-0.3, -0.25) is 4.79 Å². The number of aliphatic hydroxyl groups excluding tert-OH is 1. The molecular weight excluding hydrogens is 410 g/mol. The molecule has 2 aliphatic rings. The van der Waals surface area contributed by atoms with Crippen LogP contribution in [0, 0.1) is 5.92 Å². The lowest BCUT2D eigenvalue weighted by Gasteiger charge is -2.35. The van der Waals surface area contributed by atoms with Crippen molar-refractivity contribution in [3.05, 3.63) is 46.4 Å². The van der Waals surface area contributed by atoms with Crippen LogP contribution in [-0.2, 0) is 11.8 Å². The van der Waals surface area contributed by atoms with Crippen LogP contribution in [0.3, 0.4) is 0 Å². The van der Waals surface area contributed by atoms with Crippen LogP contribution in [0.2, 0.25) is 0 Å². The molecule has 0 aliphatic carbocycles. The number of morpholine rings is 1. The highest BCUT2D eigenvalue weighted by molar-refractivity contribution is 5.91. The van der Waals surface area contributed by atoms with Gasteiger partial charge in [-0.05, 0) is 42.3 Å². The van der Waals surface area contributed by atoms with E-state index in [1.807, 2.05) is 0 Å². The lowest BCUT2D eigenvalue weighted by Crippen LogP contribution is -2.39. The summed E-state index contributed by atoms with van der Waals surface area (Å²) in [5.41, 5.74) is 2.24. The second kappa shape index (κ2) is 8.79. The SMILES string of the molecule is Cn1nc([C@@H](O)[C@H]2CCCN(c3nnnc4cc(N5CCOCC5)ccc34)C2)ccc1=O. The van der Waals surface area contributed by atoms with Crippen molar-refractivity contribution in [2.24, 2.45) is 13.0 Å². The Labute approximate surface area is 185 Å². The lowest BCUT2D eigenvalue weighted by molar-refractivity contribution is 0.0923. The maximum atomic E-state index is 11.6. The number of hydrogen-bond donors (Lipinski definition) is 1. The zero-order valence-electron chi connectivity index (χ0n) is 18.1. The Morgan fingerprint density at radius 3 is 2.75 bits per heavy atom. The topological polar surface area (TPSA) is 110 Å². The average molecular weight is 438 g/mol. The van der Waals surface area contributed by atoms with Gasteiger partial charge in [-0.25, -0.2) is 4.68 Å². The Morgan fingerprint density at radius 1 is 1.09 bits per heavy atom. The number of aromatic nitrogens is 5. The second-order valence-electron chi connectivity index (χ2n) is 8.43. The summed E-state index contributed by atoms with van der Waals surface area (Å²) in [6.07, 6.45) is 1.04. The van der Waals surface area contributed by atoms with Crippen LogP contribution in [0.5, 0.6) is 0 Å². The van der Waals surface area contributed by atoms with E-state index in [9.17, 15) is 9.90 Å². The number of benzene rings is 1. The van der Waals surface area contributed by atoms with Gasteiger partial charge >= 0.3 is 0 Å². The molecular formula is C22H27N7O3. The van der Waals surface area contributed by atoms with E-state index in [-0.39, 0.29) is 11.5 Å². The number of aryl methyl sites for hydroxylation is 1. The van der Waals surface area contributed by atoms with Crippen molar-refractivity contribution < 1.29 is 9.84 Å². The molecule has 32 heavy (non-hydrogen) atoms. The van der Waals surface area contributed by atoms with Crippen LogP contribution in [0.1, 0.15) is 24.6 Å². The summed E-state index contributed by atoms with van der Waals surface area (Å²) in [7, 11) is 1.59. The molecule has 1 aromatic carbocycles. The van der Waals surface area contributed by atoms with E-state index in [4.69, 9.17) is 4.74 Å². The van der Waals surface area contributed by atoms with Crippen molar-refractivity contribution in [3.63, 3.8) is 0 Å². The number of ether oxygens (including phenoxy) is 1. The van der Waals surface area contributed by atoms with Crippen LogP contribution in [-0.4, -0.2) is 69.7 Å². The Kier molecular flexibility index (Phi) is 5.71. The smallest absolute Gasteiger partial charge is 0.266 e. The van der Waals surface area contributed by atoms with Gasteiger partial charge < -0.3 is 19.6 Å². The minimum atomic E-state index is -0.751. The van der Waals surface area contributed by atoms with Crippen LogP contribution < -0.4 is 15.4 Å². The molecule has 0 amide bonds. The summed E-state index contributed by atoms with van der Waals surface area (Å²) in [5.74, 6) is 0.764. The summed E-state index contributed by atoms with van der Waals surface area (Å²) in [4.78, 5) is 16.1.